The van der Waals surface area contributed by atoms with Gasteiger partial charge in [-0.1, -0.05) is 72.8 Å². The van der Waals surface area contributed by atoms with Crippen molar-refractivity contribution in [1.82, 2.24) is 18.9 Å². The molecule has 2 amide bonds. The van der Waals surface area contributed by atoms with Gasteiger partial charge in [-0.15, -0.1) is 0 Å². The summed E-state index contributed by atoms with van der Waals surface area (Å²) in [5.74, 6) is 0.0809. The van der Waals surface area contributed by atoms with E-state index in [4.69, 9.17) is 8.83 Å². The molecular weight excluding hydrogens is 849 g/mol. The molecule has 2 saturated heterocycles. The Morgan fingerprint density at radius 2 is 1.03 bits per heavy atom. The van der Waals surface area contributed by atoms with Crippen LogP contribution in [0.3, 0.4) is 0 Å². The second-order valence-corrected chi connectivity index (χ2v) is 15.9. The van der Waals surface area contributed by atoms with E-state index in [1.54, 1.807) is 58.3 Å². The molecular formula is C48H42N8O10. The fraction of sp³-hybridized carbons (Fsp3) is 0.208. The topological polar surface area (TPSA) is 204 Å². The number of aryl methyl sites for hydroxylation is 1. The van der Waals surface area contributed by atoms with Crippen molar-refractivity contribution in [3.63, 3.8) is 0 Å². The number of carbonyl (C=O) groups is 2. The zero-order valence-corrected chi connectivity index (χ0v) is 35.6. The first-order chi connectivity index (χ1) is 32.0. The first kappa shape index (κ1) is 42.7. The van der Waals surface area contributed by atoms with E-state index < -0.39 is 32.3 Å². The monoisotopic (exact) mass is 890 g/mol. The summed E-state index contributed by atoms with van der Waals surface area (Å²) >= 11 is 0. The minimum atomic E-state index is -0.647. The lowest BCUT2D eigenvalue weighted by Gasteiger charge is -2.36. The van der Waals surface area contributed by atoms with Crippen molar-refractivity contribution in [2.75, 3.05) is 62.2 Å². The first-order valence-electron chi connectivity index (χ1n) is 21.2. The molecule has 2 aliphatic heterocycles. The highest BCUT2D eigenvalue weighted by Crippen LogP contribution is 2.36. The molecule has 0 saturated carbocycles. The summed E-state index contributed by atoms with van der Waals surface area (Å²) in [6.45, 7) is 3.12. The number of anilines is 2. The Morgan fingerprint density at radius 3 is 1.55 bits per heavy atom. The number of amides is 2. The van der Waals surface area contributed by atoms with Crippen molar-refractivity contribution in [1.29, 1.82) is 0 Å². The maximum absolute atomic E-state index is 13.7. The van der Waals surface area contributed by atoms with Gasteiger partial charge in [0.1, 0.15) is 11.4 Å². The van der Waals surface area contributed by atoms with Gasteiger partial charge in [0.05, 0.1) is 40.0 Å². The van der Waals surface area contributed by atoms with Crippen LogP contribution in [0.1, 0.15) is 26.7 Å². The average molecular weight is 891 g/mol. The summed E-state index contributed by atoms with van der Waals surface area (Å²) in [5, 5.41) is 27.4. The van der Waals surface area contributed by atoms with Crippen LogP contribution >= 0.6 is 0 Å². The molecule has 10 rings (SSSR count). The van der Waals surface area contributed by atoms with Gasteiger partial charge in [-0.2, -0.15) is 0 Å². The van der Waals surface area contributed by atoms with Gasteiger partial charge in [-0.25, -0.2) is 0 Å². The summed E-state index contributed by atoms with van der Waals surface area (Å²) in [6.07, 6.45) is 2.89. The van der Waals surface area contributed by atoms with Gasteiger partial charge in [-0.3, -0.25) is 44.0 Å². The number of rotatable bonds is 8. The van der Waals surface area contributed by atoms with Gasteiger partial charge in [0.15, 0.2) is 11.5 Å². The number of nitrogens with zero attached hydrogens (tertiary/aromatic N) is 8. The van der Waals surface area contributed by atoms with Crippen LogP contribution in [-0.4, -0.2) is 93.0 Å². The van der Waals surface area contributed by atoms with Crippen molar-refractivity contribution in [3.8, 4) is 0 Å². The molecule has 0 unspecified atom stereocenters. The summed E-state index contributed by atoms with van der Waals surface area (Å²) in [6, 6.07) is 34.8. The van der Waals surface area contributed by atoms with Gasteiger partial charge in [0.2, 0.25) is 0 Å². The maximum Gasteiger partial charge on any atom is 0.357 e. The average Bonchev–Trinajstić information content (AvgIpc) is 4.10. The summed E-state index contributed by atoms with van der Waals surface area (Å²) in [5.41, 5.74) is 0.566. The predicted molar refractivity (Wildman–Crippen MR) is 247 cm³/mol. The lowest BCUT2D eigenvalue weighted by Crippen LogP contribution is -2.49. The van der Waals surface area contributed by atoms with Gasteiger partial charge in [0, 0.05) is 70.2 Å². The van der Waals surface area contributed by atoms with Crippen molar-refractivity contribution < 1.29 is 28.3 Å². The molecule has 6 heterocycles. The lowest BCUT2D eigenvalue weighted by molar-refractivity contribution is -0.385. The molecule has 0 spiro atoms. The van der Waals surface area contributed by atoms with Crippen LogP contribution in [0.4, 0.5) is 22.7 Å². The van der Waals surface area contributed by atoms with E-state index in [-0.39, 0.29) is 29.9 Å². The Balaban J connectivity index is 0.000000174. The Bertz CT molecular complexity index is 3270. The molecule has 2 aliphatic rings. The number of aromatic nitrogens is 2. The molecule has 0 N–H and O–H groups in total. The van der Waals surface area contributed by atoms with Crippen LogP contribution in [0.5, 0.6) is 0 Å². The summed E-state index contributed by atoms with van der Waals surface area (Å²) in [4.78, 5) is 81.3. The van der Waals surface area contributed by atoms with Crippen molar-refractivity contribution in [3.05, 3.63) is 186 Å². The third-order valence-corrected chi connectivity index (χ3v) is 12.1. The molecule has 18 nitrogen and oxygen atoms in total. The highest BCUT2D eigenvalue weighted by Gasteiger charge is 2.34. The molecule has 66 heavy (non-hydrogen) atoms. The number of hydrogen-bond acceptors (Lipinski definition) is 12. The minimum Gasteiger partial charge on any atom is -0.459 e. The molecule has 0 aliphatic carbocycles. The smallest absolute Gasteiger partial charge is 0.357 e. The van der Waals surface area contributed by atoms with Gasteiger partial charge >= 0.3 is 22.5 Å². The number of hydrogen-bond donors (Lipinski definition) is 0. The van der Waals surface area contributed by atoms with Crippen LogP contribution in [-0.2, 0) is 13.6 Å². The molecule has 18 heteroatoms. The molecule has 2 fully saturated rings. The normalized spacial score (nSPS) is 14.1. The number of carbonyl (C=O) groups excluding carboxylic acids is 2. The number of benzene rings is 4. The van der Waals surface area contributed by atoms with E-state index in [1.165, 1.54) is 28.7 Å². The Kier molecular flexibility index (Phi) is 11.6. The van der Waals surface area contributed by atoms with Crippen molar-refractivity contribution in [2.45, 2.75) is 6.54 Å². The molecule has 4 aromatic heterocycles. The molecule has 0 bridgehead atoms. The quantitative estimate of drug-likeness (QED) is 0.116. The van der Waals surface area contributed by atoms with E-state index in [1.807, 2.05) is 76.5 Å². The fourth-order valence-electron chi connectivity index (χ4n) is 8.86. The summed E-state index contributed by atoms with van der Waals surface area (Å²) < 4.78 is 13.2. The van der Waals surface area contributed by atoms with Crippen LogP contribution in [0.2, 0.25) is 0 Å². The minimum absolute atomic E-state index is 0.205. The van der Waals surface area contributed by atoms with E-state index >= 15 is 0 Å². The van der Waals surface area contributed by atoms with Gasteiger partial charge in [-0.05, 0) is 58.8 Å². The molecule has 4 aromatic carbocycles. The molecule has 0 atom stereocenters. The van der Waals surface area contributed by atoms with E-state index in [9.17, 15) is 39.4 Å². The van der Waals surface area contributed by atoms with Crippen LogP contribution in [0.25, 0.3) is 32.6 Å². The molecule has 8 aromatic rings. The number of para-hydroxylation sites is 2. The number of fused-ring (bicyclic) bond motifs is 3. The largest absolute Gasteiger partial charge is 0.459 e. The number of piperazine rings is 2. The lowest BCUT2D eigenvalue weighted by atomic mass is 10.1. The van der Waals surface area contributed by atoms with Crippen LogP contribution < -0.4 is 20.9 Å². The zero-order valence-electron chi connectivity index (χ0n) is 35.6. The van der Waals surface area contributed by atoms with Gasteiger partial charge in [0.25, 0.3) is 11.8 Å². The standard InChI is InChI=1S/C29H24N4O5.C19H18N4O5/c34-28(25-10-5-17-38-25)31-15-13-30(14-16-31)26-23-8-3-4-9-24(23)32(29(35)27(26)33(36)37)19-20-11-12-21-6-1-2-7-22(21)18-20;1-20-14-6-3-2-5-13(14)16(17(19(20)25)23(26)27)21-8-10-22(11-9-21)18(24)15-7-4-12-28-15/h1-12,17-18H,13-16,19H2;2-7,12H,8-11H2,1H3. The first-order valence-corrected chi connectivity index (χ1v) is 21.2. The number of pyridine rings is 2. The molecule has 334 valence electrons. The Morgan fingerprint density at radius 1 is 0.561 bits per heavy atom. The third kappa shape index (κ3) is 7.99. The Hall–Kier alpha value is -8.54. The van der Waals surface area contributed by atoms with E-state index in [0.29, 0.717) is 85.5 Å². The molecule has 0 radical (unpaired) electrons. The highest BCUT2D eigenvalue weighted by molar-refractivity contribution is 5.98. The Labute approximate surface area is 375 Å². The maximum atomic E-state index is 13.7. The third-order valence-electron chi connectivity index (χ3n) is 12.1. The van der Waals surface area contributed by atoms with Crippen molar-refractivity contribution in [2.24, 2.45) is 7.05 Å². The number of nitro groups is 2. The predicted octanol–water partition coefficient (Wildman–Crippen LogP) is 6.67. The van der Waals surface area contributed by atoms with Crippen LogP contribution in [0.15, 0.2) is 146 Å². The second-order valence-electron chi connectivity index (χ2n) is 15.9. The van der Waals surface area contributed by atoms with Gasteiger partial charge < -0.3 is 33.0 Å². The second kappa shape index (κ2) is 17.9. The SMILES string of the molecule is Cn1c(=O)c([N+](=O)[O-])c(N2CCN(C(=O)c3ccco3)CC2)c2ccccc21.O=C(c1ccco1)N1CCN(c2c([N+](=O)[O-])c(=O)n(Cc3ccc4ccccc4c3)c3ccccc23)CC1. The van der Waals surface area contributed by atoms with E-state index in [2.05, 4.69) is 0 Å². The fourth-order valence-corrected chi connectivity index (χ4v) is 8.86. The number of furan rings is 2. The summed E-state index contributed by atoms with van der Waals surface area (Å²) in [7, 11) is 1.53. The zero-order chi connectivity index (χ0) is 46.1. The van der Waals surface area contributed by atoms with E-state index in [0.717, 1.165) is 16.3 Å². The highest BCUT2D eigenvalue weighted by atomic mass is 16.6. The van der Waals surface area contributed by atoms with Crippen LogP contribution in [0, 0.1) is 20.2 Å². The van der Waals surface area contributed by atoms with Crippen molar-refractivity contribution >= 4 is 67.1 Å².